The van der Waals surface area contributed by atoms with Crippen LogP contribution in [0.15, 0.2) is 12.1 Å². The van der Waals surface area contributed by atoms with Gasteiger partial charge in [-0.3, -0.25) is 4.79 Å². The summed E-state index contributed by atoms with van der Waals surface area (Å²) in [6, 6.07) is 3.33. The van der Waals surface area contributed by atoms with E-state index in [1.54, 1.807) is 12.1 Å². The second-order valence-electron chi connectivity index (χ2n) is 4.51. The van der Waals surface area contributed by atoms with E-state index in [0.29, 0.717) is 17.3 Å². The highest BCUT2D eigenvalue weighted by Gasteiger charge is 2.08. The number of rotatable bonds is 7. The van der Waals surface area contributed by atoms with Crippen LogP contribution in [0.1, 0.15) is 36.3 Å². The molecule has 0 aliphatic rings. The van der Waals surface area contributed by atoms with Crippen LogP contribution in [-0.2, 0) is 0 Å². The van der Waals surface area contributed by atoms with Crippen LogP contribution in [0.2, 0.25) is 5.15 Å². The highest BCUT2D eigenvalue weighted by Crippen LogP contribution is 2.10. The summed E-state index contributed by atoms with van der Waals surface area (Å²) in [6.45, 7) is 9.69. The molecule has 1 heterocycles. The van der Waals surface area contributed by atoms with Crippen LogP contribution < -0.4 is 5.32 Å². The van der Waals surface area contributed by atoms with Crippen LogP contribution in [-0.4, -0.2) is 42.0 Å². The first-order chi connectivity index (χ1) is 9.06. The molecule has 106 valence electrons. The molecule has 0 atom stereocenters. The maximum atomic E-state index is 12.0. The van der Waals surface area contributed by atoms with Crippen molar-refractivity contribution >= 4 is 17.5 Å². The van der Waals surface area contributed by atoms with E-state index in [2.05, 4.69) is 29.0 Å². The maximum Gasteiger partial charge on any atom is 0.251 e. The fourth-order valence-corrected chi connectivity index (χ4v) is 2.18. The Bertz CT molecular complexity index is 403. The minimum absolute atomic E-state index is 0.0973. The van der Waals surface area contributed by atoms with Gasteiger partial charge in [0.15, 0.2) is 0 Å². The fourth-order valence-electron chi connectivity index (χ4n) is 1.93. The molecule has 0 fully saturated rings. The lowest BCUT2D eigenvalue weighted by Crippen LogP contribution is -2.35. The molecule has 0 unspecified atom stereocenters. The Balaban J connectivity index is 2.46. The molecule has 5 heteroatoms. The molecule has 0 aliphatic heterocycles. The highest BCUT2D eigenvalue weighted by molar-refractivity contribution is 6.29. The molecule has 0 radical (unpaired) electrons. The van der Waals surface area contributed by atoms with Crippen molar-refractivity contribution in [2.24, 2.45) is 0 Å². The van der Waals surface area contributed by atoms with E-state index < -0.39 is 0 Å². The number of halogens is 1. The molecule has 0 saturated carbocycles. The molecule has 0 aromatic carbocycles. The predicted octanol–water partition coefficient (Wildman–Crippen LogP) is 2.51. The van der Waals surface area contributed by atoms with Crippen LogP contribution in [0.25, 0.3) is 0 Å². The number of aromatic nitrogens is 1. The van der Waals surface area contributed by atoms with E-state index in [4.69, 9.17) is 11.6 Å². The summed E-state index contributed by atoms with van der Waals surface area (Å²) in [7, 11) is 0. The maximum absolute atomic E-state index is 12.0. The number of hydrogen-bond acceptors (Lipinski definition) is 3. The van der Waals surface area contributed by atoms with Gasteiger partial charge in [-0.1, -0.05) is 25.4 Å². The minimum Gasteiger partial charge on any atom is -0.351 e. The van der Waals surface area contributed by atoms with Gasteiger partial charge in [-0.2, -0.15) is 0 Å². The SMILES string of the molecule is CCCN(CC)CCNC(=O)c1cc(C)nc(Cl)c1. The lowest BCUT2D eigenvalue weighted by molar-refractivity contribution is 0.0948. The standard InChI is InChI=1S/C14H22ClN3O/c1-4-7-18(5-2)8-6-16-14(19)12-9-11(3)17-13(15)10-12/h9-10H,4-8H2,1-3H3,(H,16,19). The Kier molecular flexibility index (Phi) is 6.81. The number of carbonyl (C=O) groups is 1. The van der Waals surface area contributed by atoms with Crippen molar-refractivity contribution in [1.82, 2.24) is 15.2 Å². The van der Waals surface area contributed by atoms with Gasteiger partial charge in [0.1, 0.15) is 5.15 Å². The smallest absolute Gasteiger partial charge is 0.251 e. The van der Waals surface area contributed by atoms with Crippen molar-refractivity contribution in [3.05, 3.63) is 28.5 Å². The highest BCUT2D eigenvalue weighted by atomic mass is 35.5. The number of nitrogens with one attached hydrogen (secondary N) is 1. The Morgan fingerprint density at radius 3 is 2.68 bits per heavy atom. The lowest BCUT2D eigenvalue weighted by atomic mass is 10.2. The van der Waals surface area contributed by atoms with E-state index in [-0.39, 0.29) is 5.91 Å². The fraction of sp³-hybridized carbons (Fsp3) is 0.571. The first kappa shape index (κ1) is 15.9. The minimum atomic E-state index is -0.0973. The molecule has 1 rings (SSSR count). The zero-order valence-corrected chi connectivity index (χ0v) is 12.6. The summed E-state index contributed by atoms with van der Waals surface area (Å²) in [5.41, 5.74) is 1.31. The van der Waals surface area contributed by atoms with Gasteiger partial charge in [0, 0.05) is 24.3 Å². The Morgan fingerprint density at radius 2 is 2.11 bits per heavy atom. The Labute approximate surface area is 120 Å². The van der Waals surface area contributed by atoms with E-state index in [1.165, 1.54) is 0 Å². The van der Waals surface area contributed by atoms with Gasteiger partial charge in [-0.15, -0.1) is 0 Å². The summed E-state index contributed by atoms with van der Waals surface area (Å²) >= 11 is 5.84. The Hall–Kier alpha value is -1.13. The molecule has 0 saturated heterocycles. The van der Waals surface area contributed by atoms with Crippen molar-refractivity contribution in [2.75, 3.05) is 26.2 Å². The predicted molar refractivity (Wildman–Crippen MR) is 78.7 cm³/mol. The molecule has 0 aliphatic carbocycles. The van der Waals surface area contributed by atoms with Crippen molar-refractivity contribution in [2.45, 2.75) is 27.2 Å². The summed E-state index contributed by atoms with van der Waals surface area (Å²) in [6.07, 6.45) is 1.13. The number of nitrogens with zero attached hydrogens (tertiary/aromatic N) is 2. The third-order valence-corrected chi connectivity index (χ3v) is 3.08. The molecule has 0 spiro atoms. The summed E-state index contributed by atoms with van der Waals surface area (Å²) in [4.78, 5) is 18.3. The monoisotopic (exact) mass is 283 g/mol. The third-order valence-electron chi connectivity index (χ3n) is 2.88. The van der Waals surface area contributed by atoms with Crippen molar-refractivity contribution in [3.8, 4) is 0 Å². The third kappa shape index (κ3) is 5.57. The summed E-state index contributed by atoms with van der Waals surface area (Å²) in [5.74, 6) is -0.0973. The van der Waals surface area contributed by atoms with Crippen molar-refractivity contribution < 1.29 is 4.79 Å². The topological polar surface area (TPSA) is 45.2 Å². The number of aryl methyl sites for hydroxylation is 1. The van der Waals surface area contributed by atoms with Gasteiger partial charge >= 0.3 is 0 Å². The van der Waals surface area contributed by atoms with Gasteiger partial charge < -0.3 is 10.2 Å². The van der Waals surface area contributed by atoms with Gasteiger partial charge in [0.2, 0.25) is 0 Å². The van der Waals surface area contributed by atoms with Crippen LogP contribution >= 0.6 is 11.6 Å². The first-order valence-corrected chi connectivity index (χ1v) is 7.09. The molecule has 1 aromatic rings. The normalized spacial score (nSPS) is 10.8. The van der Waals surface area contributed by atoms with Crippen LogP contribution in [0.3, 0.4) is 0 Å². The molecular formula is C14H22ClN3O. The van der Waals surface area contributed by atoms with E-state index in [0.717, 1.165) is 31.7 Å². The number of pyridine rings is 1. The largest absolute Gasteiger partial charge is 0.351 e. The second-order valence-corrected chi connectivity index (χ2v) is 4.90. The molecular weight excluding hydrogens is 262 g/mol. The van der Waals surface area contributed by atoms with Crippen LogP contribution in [0, 0.1) is 6.92 Å². The molecule has 1 N–H and O–H groups in total. The zero-order chi connectivity index (χ0) is 14.3. The summed E-state index contributed by atoms with van der Waals surface area (Å²) < 4.78 is 0. The second kappa shape index (κ2) is 8.12. The summed E-state index contributed by atoms with van der Waals surface area (Å²) in [5, 5.41) is 3.26. The molecule has 0 bridgehead atoms. The Morgan fingerprint density at radius 1 is 1.37 bits per heavy atom. The average Bonchev–Trinajstić information content (AvgIpc) is 2.36. The molecule has 1 aromatic heterocycles. The van der Waals surface area contributed by atoms with E-state index >= 15 is 0 Å². The molecule has 1 amide bonds. The van der Waals surface area contributed by atoms with Gasteiger partial charge in [-0.05, 0) is 38.6 Å². The van der Waals surface area contributed by atoms with Gasteiger partial charge in [0.05, 0.1) is 0 Å². The van der Waals surface area contributed by atoms with Crippen molar-refractivity contribution in [3.63, 3.8) is 0 Å². The van der Waals surface area contributed by atoms with Gasteiger partial charge in [-0.25, -0.2) is 4.98 Å². The van der Waals surface area contributed by atoms with Crippen LogP contribution in [0.4, 0.5) is 0 Å². The quantitative estimate of drug-likeness (QED) is 0.782. The number of hydrogen-bond donors (Lipinski definition) is 1. The number of amides is 1. The average molecular weight is 284 g/mol. The lowest BCUT2D eigenvalue weighted by Gasteiger charge is -2.19. The molecule has 19 heavy (non-hydrogen) atoms. The molecule has 4 nitrogen and oxygen atoms in total. The first-order valence-electron chi connectivity index (χ1n) is 6.71. The number of likely N-dealkylation sites (N-methyl/N-ethyl adjacent to an activating group) is 1. The number of carbonyl (C=O) groups excluding carboxylic acids is 1. The zero-order valence-electron chi connectivity index (χ0n) is 11.9. The van der Waals surface area contributed by atoms with E-state index in [1.807, 2.05) is 6.92 Å². The van der Waals surface area contributed by atoms with Gasteiger partial charge in [0.25, 0.3) is 5.91 Å². The van der Waals surface area contributed by atoms with Crippen LogP contribution in [0.5, 0.6) is 0 Å². The van der Waals surface area contributed by atoms with Crippen molar-refractivity contribution in [1.29, 1.82) is 0 Å². The van der Waals surface area contributed by atoms with E-state index in [9.17, 15) is 4.79 Å².